The fourth-order valence-electron chi connectivity index (χ4n) is 3.17. The van der Waals surface area contributed by atoms with Crippen molar-refractivity contribution in [2.45, 2.75) is 18.3 Å². The monoisotopic (exact) mass is 442 g/mol. The molecule has 1 amide bonds. The summed E-state index contributed by atoms with van der Waals surface area (Å²) >= 11 is 3.42. The number of hydrogen-bond donors (Lipinski definition) is 1. The third-order valence-electron chi connectivity index (χ3n) is 4.94. The Morgan fingerprint density at radius 2 is 1.89 bits per heavy atom. The van der Waals surface area contributed by atoms with Crippen LogP contribution < -0.4 is 14.8 Å². The van der Waals surface area contributed by atoms with Gasteiger partial charge in [0, 0.05) is 21.8 Å². The first kappa shape index (κ1) is 18.6. The van der Waals surface area contributed by atoms with Gasteiger partial charge in [-0.15, -0.1) is 0 Å². The van der Waals surface area contributed by atoms with Gasteiger partial charge in [-0.1, -0.05) is 27.2 Å². The van der Waals surface area contributed by atoms with E-state index in [1.165, 1.54) is 0 Å². The first-order valence-corrected chi connectivity index (χ1v) is 9.62. The predicted octanol–water partition coefficient (Wildman–Crippen LogP) is 4.79. The van der Waals surface area contributed by atoms with Gasteiger partial charge >= 0.3 is 0 Å². The minimum atomic E-state index is -0.638. The van der Waals surface area contributed by atoms with Crippen LogP contribution in [0.4, 0.5) is 5.69 Å². The maximum atomic E-state index is 12.9. The Morgan fingerprint density at radius 1 is 1.11 bits per heavy atom. The molecule has 3 aromatic rings. The molecule has 0 saturated heterocycles. The van der Waals surface area contributed by atoms with Crippen molar-refractivity contribution < 1.29 is 18.8 Å². The Labute approximate surface area is 171 Å². The molecule has 0 aliphatic heterocycles. The zero-order chi connectivity index (χ0) is 19.7. The lowest BCUT2D eigenvalue weighted by Crippen LogP contribution is -2.28. The van der Waals surface area contributed by atoms with Crippen LogP contribution in [0.25, 0.3) is 11.3 Å². The lowest BCUT2D eigenvalue weighted by molar-refractivity contribution is -0.118. The number of ether oxygens (including phenoxy) is 2. The summed E-state index contributed by atoms with van der Waals surface area (Å²) in [6.45, 7) is 0. The number of methoxy groups -OCH3 is 2. The van der Waals surface area contributed by atoms with Crippen molar-refractivity contribution in [1.82, 2.24) is 5.16 Å². The molecule has 28 heavy (non-hydrogen) atoms. The largest absolute Gasteiger partial charge is 0.493 e. The number of aromatic nitrogens is 1. The third kappa shape index (κ3) is 3.38. The fourth-order valence-corrected chi connectivity index (χ4v) is 3.57. The second-order valence-electron chi connectivity index (χ2n) is 6.69. The van der Waals surface area contributed by atoms with E-state index in [-0.39, 0.29) is 5.91 Å². The SMILES string of the molecule is COc1ccc(-c2cc(C3(C(=O)Nc4cccc(Br)c4)CC3)no2)cc1OC. The Balaban J connectivity index is 1.57. The molecule has 1 saturated carbocycles. The van der Waals surface area contributed by atoms with Gasteiger partial charge in [-0.05, 0) is 49.2 Å². The maximum Gasteiger partial charge on any atom is 0.236 e. The number of carbonyl (C=O) groups excluding carboxylic acids is 1. The smallest absolute Gasteiger partial charge is 0.236 e. The Bertz CT molecular complexity index is 1030. The molecular weight excluding hydrogens is 424 g/mol. The number of amides is 1. The number of benzene rings is 2. The van der Waals surface area contributed by atoms with Crippen molar-refractivity contribution in [2.75, 3.05) is 19.5 Å². The molecule has 6 nitrogen and oxygen atoms in total. The third-order valence-corrected chi connectivity index (χ3v) is 5.43. The highest BCUT2D eigenvalue weighted by atomic mass is 79.9. The molecule has 0 bridgehead atoms. The fraction of sp³-hybridized carbons (Fsp3) is 0.238. The van der Waals surface area contributed by atoms with E-state index in [0.717, 1.165) is 28.6 Å². The number of rotatable bonds is 6. The zero-order valence-corrected chi connectivity index (χ0v) is 17.1. The quantitative estimate of drug-likeness (QED) is 0.593. The van der Waals surface area contributed by atoms with Gasteiger partial charge in [0.05, 0.1) is 25.3 Å². The van der Waals surface area contributed by atoms with Crippen LogP contribution in [0.2, 0.25) is 0 Å². The summed E-state index contributed by atoms with van der Waals surface area (Å²) in [6, 6.07) is 14.8. The van der Waals surface area contributed by atoms with E-state index < -0.39 is 5.41 Å². The van der Waals surface area contributed by atoms with Crippen molar-refractivity contribution in [3.05, 3.63) is 58.7 Å². The second kappa shape index (κ2) is 7.31. The standard InChI is InChI=1S/C21H19BrN2O4/c1-26-16-7-6-13(10-18(16)27-2)17-12-19(24-28-17)21(8-9-21)20(25)23-15-5-3-4-14(22)11-15/h3-7,10-12H,8-9H2,1-2H3,(H,23,25). The molecule has 1 fully saturated rings. The number of anilines is 1. The summed E-state index contributed by atoms with van der Waals surface area (Å²) in [5.41, 5.74) is 1.55. The van der Waals surface area contributed by atoms with Crippen LogP contribution in [0.5, 0.6) is 11.5 Å². The lowest BCUT2D eigenvalue weighted by Gasteiger charge is -2.12. The van der Waals surface area contributed by atoms with Crippen LogP contribution >= 0.6 is 15.9 Å². The Morgan fingerprint density at radius 3 is 2.57 bits per heavy atom. The first-order valence-electron chi connectivity index (χ1n) is 8.82. The number of nitrogens with zero attached hydrogens (tertiary/aromatic N) is 1. The summed E-state index contributed by atoms with van der Waals surface area (Å²) in [6.07, 6.45) is 1.48. The molecule has 0 unspecified atom stereocenters. The van der Waals surface area contributed by atoms with Crippen LogP contribution in [0.1, 0.15) is 18.5 Å². The number of nitrogens with one attached hydrogen (secondary N) is 1. The summed E-state index contributed by atoms with van der Waals surface area (Å²) in [5, 5.41) is 7.17. The number of halogens is 1. The molecule has 1 aliphatic rings. The summed E-state index contributed by atoms with van der Waals surface area (Å²) in [4.78, 5) is 12.9. The highest BCUT2D eigenvalue weighted by Crippen LogP contribution is 2.49. The van der Waals surface area contributed by atoms with Crippen LogP contribution in [0.15, 0.2) is 57.5 Å². The first-order chi connectivity index (χ1) is 13.6. The highest BCUT2D eigenvalue weighted by Gasteiger charge is 2.53. The van der Waals surface area contributed by atoms with E-state index in [1.807, 2.05) is 48.5 Å². The highest BCUT2D eigenvalue weighted by molar-refractivity contribution is 9.10. The van der Waals surface area contributed by atoms with Crippen LogP contribution in [-0.4, -0.2) is 25.3 Å². The predicted molar refractivity (Wildman–Crippen MR) is 109 cm³/mol. The average Bonchev–Trinajstić information content (AvgIpc) is 3.37. The van der Waals surface area contributed by atoms with Gasteiger partial charge in [0.1, 0.15) is 0 Å². The molecule has 7 heteroatoms. The maximum absolute atomic E-state index is 12.9. The van der Waals surface area contributed by atoms with E-state index >= 15 is 0 Å². The van der Waals surface area contributed by atoms with Gasteiger partial charge in [0.25, 0.3) is 0 Å². The molecule has 0 spiro atoms. The molecule has 1 aliphatic carbocycles. The molecule has 0 radical (unpaired) electrons. The molecule has 1 heterocycles. The molecule has 1 N–H and O–H groups in total. The molecule has 4 rings (SSSR count). The second-order valence-corrected chi connectivity index (χ2v) is 7.61. The van der Waals surface area contributed by atoms with Crippen molar-refractivity contribution in [2.24, 2.45) is 0 Å². The summed E-state index contributed by atoms with van der Waals surface area (Å²) in [5.74, 6) is 1.75. The topological polar surface area (TPSA) is 73.6 Å². The van der Waals surface area contributed by atoms with E-state index in [0.29, 0.717) is 23.0 Å². The van der Waals surface area contributed by atoms with Crippen LogP contribution in [0, 0.1) is 0 Å². The summed E-state index contributed by atoms with van der Waals surface area (Å²) < 4.78 is 17.1. The zero-order valence-electron chi connectivity index (χ0n) is 15.5. The number of hydrogen-bond acceptors (Lipinski definition) is 5. The van der Waals surface area contributed by atoms with Gasteiger partial charge in [0.15, 0.2) is 17.3 Å². The van der Waals surface area contributed by atoms with E-state index in [2.05, 4.69) is 26.4 Å². The Hall–Kier alpha value is -2.80. The van der Waals surface area contributed by atoms with Crippen LogP contribution in [0.3, 0.4) is 0 Å². The molecule has 1 aromatic heterocycles. The average molecular weight is 443 g/mol. The molecule has 2 aromatic carbocycles. The Kier molecular flexibility index (Phi) is 4.85. The van der Waals surface area contributed by atoms with E-state index in [1.54, 1.807) is 14.2 Å². The molecule has 0 atom stereocenters. The van der Waals surface area contributed by atoms with Gasteiger partial charge in [-0.2, -0.15) is 0 Å². The van der Waals surface area contributed by atoms with Gasteiger partial charge in [-0.3, -0.25) is 4.79 Å². The normalized spacial score (nSPS) is 14.4. The molecular formula is C21H19BrN2O4. The number of carbonyl (C=O) groups is 1. The van der Waals surface area contributed by atoms with Gasteiger partial charge in [-0.25, -0.2) is 0 Å². The van der Waals surface area contributed by atoms with E-state index in [9.17, 15) is 4.79 Å². The van der Waals surface area contributed by atoms with E-state index in [4.69, 9.17) is 14.0 Å². The molecule has 144 valence electrons. The van der Waals surface area contributed by atoms with Crippen molar-refractivity contribution in [3.63, 3.8) is 0 Å². The minimum Gasteiger partial charge on any atom is -0.493 e. The van der Waals surface area contributed by atoms with Crippen LogP contribution in [-0.2, 0) is 10.2 Å². The van der Waals surface area contributed by atoms with Crippen molar-refractivity contribution in [3.8, 4) is 22.8 Å². The van der Waals surface area contributed by atoms with Gasteiger partial charge in [0.2, 0.25) is 5.91 Å². The summed E-state index contributed by atoms with van der Waals surface area (Å²) in [7, 11) is 3.17. The lowest BCUT2D eigenvalue weighted by atomic mass is 10.00. The van der Waals surface area contributed by atoms with Gasteiger partial charge < -0.3 is 19.3 Å². The van der Waals surface area contributed by atoms with Crippen molar-refractivity contribution >= 4 is 27.5 Å². The minimum absolute atomic E-state index is 0.0715. The van der Waals surface area contributed by atoms with Crippen molar-refractivity contribution in [1.29, 1.82) is 0 Å².